The van der Waals surface area contributed by atoms with Gasteiger partial charge >= 0.3 is 35.9 Å². The van der Waals surface area contributed by atoms with Gasteiger partial charge in [0.15, 0.2) is 17.5 Å². The molecular weight excluding hydrogens is 1060 g/mol. The van der Waals surface area contributed by atoms with Crippen molar-refractivity contribution in [2.24, 2.45) is 16.7 Å². The normalized spacial score (nSPS) is 27.5. The second-order valence-corrected chi connectivity index (χ2v) is 23.7. The fraction of sp³-hybridized carbons (Fsp3) is 0.561. The van der Waals surface area contributed by atoms with Crippen molar-refractivity contribution in [1.29, 1.82) is 0 Å². The number of hydrogen-bond acceptors (Lipinski definition) is 16. The van der Waals surface area contributed by atoms with Gasteiger partial charge in [-0.25, -0.2) is 14.4 Å². The van der Waals surface area contributed by atoms with Crippen molar-refractivity contribution < 1.29 is 76.9 Å². The zero-order valence-corrected chi connectivity index (χ0v) is 50.6. The van der Waals surface area contributed by atoms with Crippen LogP contribution >= 0.6 is 0 Å². The van der Waals surface area contributed by atoms with Crippen molar-refractivity contribution in [1.82, 2.24) is 5.32 Å². The van der Waals surface area contributed by atoms with Crippen LogP contribution in [0.3, 0.4) is 0 Å². The summed E-state index contributed by atoms with van der Waals surface area (Å²) < 4.78 is 42.6. The Kier molecular flexibility index (Phi) is 24.0. The fourth-order valence-electron chi connectivity index (χ4n) is 11.6. The maximum Gasteiger partial charge on any atom is 0.408 e. The van der Waals surface area contributed by atoms with Gasteiger partial charge in [0.1, 0.15) is 29.5 Å². The van der Waals surface area contributed by atoms with Gasteiger partial charge in [-0.1, -0.05) is 130 Å². The molecule has 11 atom stereocenters. The second-order valence-electron chi connectivity index (χ2n) is 23.7. The van der Waals surface area contributed by atoms with Gasteiger partial charge in [0.25, 0.3) is 0 Å². The monoisotopic (exact) mass is 1150 g/mol. The van der Waals surface area contributed by atoms with Gasteiger partial charge in [-0.2, -0.15) is 0 Å². The molecule has 17 heteroatoms. The minimum absolute atomic E-state index is 0.0188. The number of Topliss-reactive ketones (excluding diaryl/α,β-unsaturated/α-hetero) is 1. The summed E-state index contributed by atoms with van der Waals surface area (Å²) >= 11 is 0. The number of esters is 5. The highest BCUT2D eigenvalue weighted by molar-refractivity contribution is 5.96. The van der Waals surface area contributed by atoms with Crippen molar-refractivity contribution in [3.63, 3.8) is 0 Å². The summed E-state index contributed by atoms with van der Waals surface area (Å²) in [7, 11) is 0. The molecule has 1 aromatic carbocycles. The number of carbonyl (C=O) groups is 7. The van der Waals surface area contributed by atoms with E-state index in [9.17, 15) is 34.2 Å². The van der Waals surface area contributed by atoms with Crippen LogP contribution in [-0.2, 0) is 57.1 Å². The molecule has 1 amide bonds. The smallest absolute Gasteiger partial charge is 0.408 e. The third kappa shape index (κ3) is 16.6. The molecule has 17 nitrogen and oxygen atoms in total. The van der Waals surface area contributed by atoms with Gasteiger partial charge in [-0.05, 0) is 117 Å². The summed E-state index contributed by atoms with van der Waals surface area (Å²) in [6, 6.07) is 6.47. The molecule has 1 aliphatic heterocycles. The van der Waals surface area contributed by atoms with E-state index in [0.717, 1.165) is 39.0 Å². The van der Waals surface area contributed by atoms with Gasteiger partial charge < -0.3 is 48.7 Å². The van der Waals surface area contributed by atoms with Gasteiger partial charge in [-0.3, -0.25) is 19.2 Å². The Balaban J connectivity index is 1.51. The van der Waals surface area contributed by atoms with E-state index in [1.807, 2.05) is 24.3 Å². The van der Waals surface area contributed by atoms with Crippen LogP contribution in [0.25, 0.3) is 0 Å². The van der Waals surface area contributed by atoms with Crippen molar-refractivity contribution >= 4 is 41.7 Å². The Bertz CT molecular complexity index is 2720. The Hall–Kier alpha value is -6.69. The molecule has 83 heavy (non-hydrogen) atoms. The minimum atomic E-state index is -2.45. The SMILES string of the molecule is CC/C=C\C/C=C\C/C=C\C/C=C\C/C=C\C/C=C\CCC(=O)O[C@@H](C(=O)O[C@H]1C[C@@]2(O)C(OC(=O)c3ccccc3)C3[C@](C)(C(=O)[C@H](OC(=O)CC)C(=C1C)C2(C)C)[C@@H](O)C[C@H]1OC[C@@]31OC(C)=O)[C@H](C=C(C)C)NC(=O)OC(C)(C)C. The molecule has 5 rings (SSSR count). The molecule has 0 radical (unpaired) electrons. The van der Waals surface area contributed by atoms with Crippen molar-refractivity contribution in [3.05, 3.63) is 132 Å². The lowest BCUT2D eigenvalue weighted by Gasteiger charge is -2.67. The molecule has 4 aliphatic rings. The lowest BCUT2D eigenvalue weighted by molar-refractivity contribution is -0.346. The van der Waals surface area contributed by atoms with Crippen LogP contribution in [0.5, 0.6) is 0 Å². The van der Waals surface area contributed by atoms with Gasteiger partial charge in [0.05, 0.1) is 35.6 Å². The number of ether oxygens (including phenoxy) is 7. The number of nitrogens with one attached hydrogen (secondary N) is 1. The lowest BCUT2D eigenvalue weighted by atomic mass is 9.44. The Morgan fingerprint density at radius 2 is 1.36 bits per heavy atom. The predicted octanol–water partition coefficient (Wildman–Crippen LogP) is 10.8. The second kappa shape index (κ2) is 29.7. The first kappa shape index (κ1) is 67.1. The summed E-state index contributed by atoms with van der Waals surface area (Å²) in [6.07, 6.45) is 19.8. The zero-order valence-electron chi connectivity index (χ0n) is 50.6. The zero-order chi connectivity index (χ0) is 61.3. The highest BCUT2D eigenvalue weighted by Crippen LogP contribution is 2.64. The minimum Gasteiger partial charge on any atom is -0.455 e. The Morgan fingerprint density at radius 1 is 0.795 bits per heavy atom. The molecule has 454 valence electrons. The van der Waals surface area contributed by atoms with Crippen molar-refractivity contribution in [2.45, 2.75) is 213 Å². The van der Waals surface area contributed by atoms with Crippen molar-refractivity contribution in [3.8, 4) is 0 Å². The predicted molar refractivity (Wildman–Crippen MR) is 313 cm³/mol. The van der Waals surface area contributed by atoms with Gasteiger partial charge in [-0.15, -0.1) is 0 Å². The topological polar surface area (TPSA) is 237 Å². The Labute approximate surface area is 490 Å². The molecule has 0 spiro atoms. The fourth-order valence-corrected chi connectivity index (χ4v) is 11.6. The molecule has 3 fully saturated rings. The summed E-state index contributed by atoms with van der Waals surface area (Å²) in [6.45, 7) is 18.9. The number of allylic oxidation sites excluding steroid dienone is 13. The van der Waals surface area contributed by atoms with E-state index in [-0.39, 0.29) is 49.0 Å². The number of aliphatic hydroxyl groups is 2. The molecule has 3 N–H and O–H groups in total. The average molecular weight is 1150 g/mol. The molecule has 3 aliphatic carbocycles. The molecule has 2 saturated carbocycles. The average Bonchev–Trinajstić information content (AvgIpc) is 0.708. The van der Waals surface area contributed by atoms with Gasteiger partial charge in [0.2, 0.25) is 6.10 Å². The molecule has 1 aromatic rings. The standard InChI is InChI=1S/C66H89NO16/c1-13-15-16-17-18-19-20-21-22-23-24-25-26-27-28-29-30-31-35-38-52(71)80-54(47(39-43(3)4)67-61(75)83-62(7,8)9)60(74)78-48-41-66(76)58(81-59(73)46-36-33-32-34-37-46)56-64(12,49(69)40-50-65(56,42-77-50)82-45(6)68)57(72)55(79-51(70)14-2)53(44(48)5)63(66,10)11/h15-16,18-19,21-22,24-25,27-28,30-34,36-37,39,47-50,54-56,58,69,76H,13-14,17,20,23,26,29,35,38,40-42H2,1-12H3,(H,67,75)/b16-15-,19-18-,22-21-,25-24-,28-27-,31-30-/t47-,48-,49-,50+,54+,55+,56?,58?,64+,65-,66+/m0/s1. The van der Waals surface area contributed by atoms with E-state index in [4.69, 9.17) is 33.2 Å². The number of hydrogen-bond donors (Lipinski definition) is 3. The maximum absolute atomic E-state index is 15.9. The number of amides is 1. The Morgan fingerprint density at radius 3 is 1.87 bits per heavy atom. The number of carbonyl (C=O) groups excluding carboxylic acids is 7. The van der Waals surface area contributed by atoms with Crippen LogP contribution in [0.15, 0.2) is 126 Å². The van der Waals surface area contributed by atoms with E-state index < -0.39 is 124 Å². The van der Waals surface area contributed by atoms with E-state index in [1.165, 1.54) is 39.0 Å². The van der Waals surface area contributed by atoms with Crippen LogP contribution < -0.4 is 5.32 Å². The van der Waals surface area contributed by atoms with Crippen LogP contribution in [0.2, 0.25) is 0 Å². The van der Waals surface area contributed by atoms with Gasteiger partial charge in [0, 0.05) is 38.0 Å². The number of alkyl carbamates (subject to hydrolysis) is 1. The third-order valence-electron chi connectivity index (χ3n) is 15.8. The molecule has 1 heterocycles. The molecule has 2 bridgehead atoms. The number of benzene rings is 1. The van der Waals surface area contributed by atoms with Crippen molar-refractivity contribution in [2.75, 3.05) is 6.61 Å². The van der Waals surface area contributed by atoms with E-state index in [1.54, 1.807) is 66.7 Å². The first-order valence-corrected chi connectivity index (χ1v) is 29.0. The quantitative estimate of drug-likeness (QED) is 0.0469. The number of aliphatic hydroxyl groups excluding tert-OH is 1. The maximum atomic E-state index is 15.9. The summed E-state index contributed by atoms with van der Waals surface area (Å²) in [5.74, 6) is -7.05. The van der Waals surface area contributed by atoms with E-state index in [2.05, 4.69) is 60.8 Å². The summed E-state index contributed by atoms with van der Waals surface area (Å²) in [4.78, 5) is 99.8. The molecule has 2 unspecified atom stereocenters. The molecular formula is C66H89NO16. The highest BCUT2D eigenvalue weighted by atomic mass is 16.6. The first-order chi connectivity index (χ1) is 39.2. The number of ketones is 1. The lowest BCUT2D eigenvalue weighted by Crippen LogP contribution is -2.82. The number of rotatable bonds is 25. The van der Waals surface area contributed by atoms with E-state index >= 15 is 9.59 Å². The first-order valence-electron chi connectivity index (χ1n) is 29.0. The van der Waals surface area contributed by atoms with E-state index in [0.29, 0.717) is 12.0 Å². The largest absolute Gasteiger partial charge is 0.455 e. The van der Waals surface area contributed by atoms with Crippen LogP contribution in [0.4, 0.5) is 4.79 Å². The highest BCUT2D eigenvalue weighted by Gasteiger charge is 2.78. The van der Waals surface area contributed by atoms with Crippen LogP contribution in [-0.4, -0.2) is 118 Å². The summed E-state index contributed by atoms with van der Waals surface area (Å²) in [5.41, 5.74) is -8.27. The molecule has 1 saturated heterocycles. The van der Waals surface area contributed by atoms with Crippen LogP contribution in [0.1, 0.15) is 164 Å². The summed E-state index contributed by atoms with van der Waals surface area (Å²) in [5, 5.41) is 29.0. The number of fused-ring (bicyclic) bond motifs is 5. The van der Waals surface area contributed by atoms with Crippen LogP contribution in [0, 0.1) is 16.7 Å². The third-order valence-corrected chi connectivity index (χ3v) is 15.8. The molecule has 0 aromatic heterocycles.